The molecule has 159 valence electrons. The Kier molecular flexibility index (Phi) is 11.0. The fourth-order valence-corrected chi connectivity index (χ4v) is 2.56. The van der Waals surface area contributed by atoms with Gasteiger partial charge in [0, 0.05) is 39.3 Å². The van der Waals surface area contributed by atoms with Crippen molar-refractivity contribution in [1.82, 2.24) is 15.3 Å². The molecule has 1 atom stereocenters. The minimum Gasteiger partial charge on any atom is -0.522 e. The number of ether oxygens (including phenoxy) is 1. The number of nitrogens with two attached hydrogens (primary N) is 3. The summed E-state index contributed by atoms with van der Waals surface area (Å²) in [5.74, 6) is -0.0817. The molecule has 11 heteroatoms. The average molecular weight is 508 g/mol. The van der Waals surface area contributed by atoms with E-state index in [0.717, 1.165) is 25.0 Å². The van der Waals surface area contributed by atoms with E-state index in [4.69, 9.17) is 33.5 Å². The molecule has 0 aliphatic heterocycles. The molecule has 1 aromatic heterocycles. The number of aliphatic imine (C=N–C) groups is 1. The number of halogens is 1. The van der Waals surface area contributed by atoms with Crippen molar-refractivity contribution in [2.24, 2.45) is 10.7 Å². The number of hydrogen-bond acceptors (Lipinski definition) is 7. The molecule has 1 heterocycles. The van der Waals surface area contributed by atoms with Crippen LogP contribution in [0.3, 0.4) is 0 Å². The van der Waals surface area contributed by atoms with Gasteiger partial charge in [-0.1, -0.05) is 30.7 Å². The predicted molar refractivity (Wildman–Crippen MR) is 115 cm³/mol. The average Bonchev–Trinajstić information content (AvgIpc) is 2.65. The number of benzene rings is 1. The molecule has 7 N–H and O–H groups in total. The number of aryl methyl sites for hydroxylation is 1. The molecule has 0 aliphatic rings. The predicted octanol–water partition coefficient (Wildman–Crippen LogP) is 1.96. The van der Waals surface area contributed by atoms with Gasteiger partial charge in [-0.05, 0) is 43.1 Å². The van der Waals surface area contributed by atoms with Crippen LogP contribution in [0.4, 0.5) is 11.6 Å². The number of carbonyl (C=O) groups is 1. The minimum atomic E-state index is -0.656. The number of nitrogens with one attached hydrogen (secondary N) is 1. The molecule has 0 saturated heterocycles. The van der Waals surface area contributed by atoms with Gasteiger partial charge in [-0.3, -0.25) is 15.1 Å². The maximum absolute atomic E-state index is 12.1. The van der Waals surface area contributed by atoms with Crippen LogP contribution in [0.5, 0.6) is 5.75 Å². The first-order valence-corrected chi connectivity index (χ1v) is 9.42. The van der Waals surface area contributed by atoms with Gasteiger partial charge in [0.25, 0.3) is 5.91 Å². The molecule has 1 amide bonds. The fourth-order valence-electron chi connectivity index (χ4n) is 2.43. The number of nitrogen functional groups attached to an aromatic ring is 2. The zero-order valence-electron chi connectivity index (χ0n) is 16.8. The van der Waals surface area contributed by atoms with Gasteiger partial charge in [0.1, 0.15) is 5.75 Å². The van der Waals surface area contributed by atoms with Crippen LogP contribution >= 0.6 is 11.6 Å². The molecule has 0 bridgehead atoms. The molecule has 1 radical (unpaired) electrons. The van der Waals surface area contributed by atoms with Crippen LogP contribution in [0.2, 0.25) is 5.15 Å². The van der Waals surface area contributed by atoms with Gasteiger partial charge in [0.2, 0.25) is 0 Å². The van der Waals surface area contributed by atoms with Crippen LogP contribution in [-0.2, 0) is 39.1 Å². The number of guanidine groups is 1. The van der Waals surface area contributed by atoms with Crippen molar-refractivity contribution in [3.05, 3.63) is 47.6 Å². The zero-order chi connectivity index (χ0) is 21.4. The van der Waals surface area contributed by atoms with E-state index in [9.17, 15) is 4.79 Å². The Hall–Kier alpha value is -1.97. The molecule has 0 spiro atoms. The summed E-state index contributed by atoms with van der Waals surface area (Å²) >= 11 is 5.76. The van der Waals surface area contributed by atoms with Crippen molar-refractivity contribution in [3.63, 3.8) is 0 Å². The maximum atomic E-state index is 12.1. The Bertz CT molecular complexity index is 876. The first kappa shape index (κ1) is 26.1. The van der Waals surface area contributed by atoms with E-state index in [-0.39, 0.29) is 67.3 Å². The van der Waals surface area contributed by atoms with Gasteiger partial charge < -0.3 is 28.9 Å². The van der Waals surface area contributed by atoms with Gasteiger partial charge >= 0.3 is 0 Å². The van der Waals surface area contributed by atoms with E-state index >= 15 is 0 Å². The Balaban J connectivity index is 0.00000450. The monoisotopic (exact) mass is 507 g/mol. The molecular weight excluding hydrogens is 483 g/mol. The summed E-state index contributed by atoms with van der Waals surface area (Å²) in [6.45, 7) is 6.15. The summed E-state index contributed by atoms with van der Waals surface area (Å²) in [6.07, 6.45) is 2.53. The number of unbranched alkanes of at least 4 members (excludes halogenated alkanes) is 1. The number of hydrogen-bond donors (Lipinski definition) is 4. The van der Waals surface area contributed by atoms with Gasteiger partial charge in [0.05, 0.1) is 0 Å². The molecule has 9 nitrogen and oxygen atoms in total. The van der Waals surface area contributed by atoms with E-state index in [1.54, 1.807) is 0 Å². The largest absolute Gasteiger partial charge is 0.522 e. The number of amides is 1. The van der Waals surface area contributed by atoms with E-state index in [1.807, 2.05) is 31.2 Å². The summed E-state index contributed by atoms with van der Waals surface area (Å²) in [7, 11) is 0. The third kappa shape index (κ3) is 8.41. The Morgan fingerprint density at radius 2 is 1.90 bits per heavy atom. The first-order chi connectivity index (χ1) is 13.8. The molecular formula is C19H25ClN7O2Y-. The number of rotatable bonds is 8. The Labute approximate surface area is 206 Å². The first-order valence-electron chi connectivity index (χ1n) is 9.04. The molecule has 1 aromatic carbocycles. The third-order valence-corrected chi connectivity index (χ3v) is 4.06. The second-order valence-electron chi connectivity index (χ2n) is 6.38. The molecule has 0 fully saturated rings. The van der Waals surface area contributed by atoms with Crippen molar-refractivity contribution < 1.29 is 42.2 Å². The topological polar surface area (TPSA) is 155 Å². The second kappa shape index (κ2) is 12.7. The summed E-state index contributed by atoms with van der Waals surface area (Å²) in [6, 6.07) is 7.92. The van der Waals surface area contributed by atoms with Gasteiger partial charge in [0.15, 0.2) is 28.4 Å². The molecule has 2 rings (SSSR count). The van der Waals surface area contributed by atoms with Crippen molar-refractivity contribution in [2.75, 3.05) is 18.0 Å². The van der Waals surface area contributed by atoms with E-state index in [0.29, 0.717) is 6.54 Å². The number of nitrogens with zero attached hydrogens (tertiary/aromatic N) is 3. The quantitative estimate of drug-likeness (QED) is 0.184. The molecule has 1 unspecified atom stereocenters. The van der Waals surface area contributed by atoms with Crippen LogP contribution in [0.1, 0.15) is 35.8 Å². The normalized spacial score (nSPS) is 12.0. The van der Waals surface area contributed by atoms with Crippen molar-refractivity contribution in [1.29, 1.82) is 0 Å². The SMILES string of the molecule is [CH2-]C(C)Oc1ccc(CCCCN=C(N)NC(=O)c2nc(Cl)c(N)nc2N)cc1.[Y]. The van der Waals surface area contributed by atoms with Crippen molar-refractivity contribution in [2.45, 2.75) is 32.3 Å². The molecule has 0 saturated carbocycles. The summed E-state index contributed by atoms with van der Waals surface area (Å²) in [5, 5.41) is 2.29. The second-order valence-corrected chi connectivity index (χ2v) is 6.74. The van der Waals surface area contributed by atoms with Crippen LogP contribution in [-0.4, -0.2) is 34.5 Å². The molecule has 0 aliphatic carbocycles. The standard InChI is InChI=1S/C19H25ClN7O2.Y/c1-11(2)29-13-8-6-12(7-9-13)5-3-4-10-24-19(23)27-18(28)14-16(21)26-17(22)15(20)25-14;/h6-9,11H,1,3-5,10H2,2H3,(H4,21,22,26)(H3,23,24,27,28);/q-1;. The Morgan fingerprint density at radius 1 is 1.23 bits per heavy atom. The summed E-state index contributed by atoms with van der Waals surface area (Å²) in [4.78, 5) is 23.8. The fraction of sp³-hybridized carbons (Fsp3) is 0.316. The van der Waals surface area contributed by atoms with E-state index in [1.165, 1.54) is 5.56 Å². The molecule has 30 heavy (non-hydrogen) atoms. The maximum Gasteiger partial charge on any atom is 0.280 e. The third-order valence-electron chi connectivity index (χ3n) is 3.78. The number of aromatic nitrogens is 2. The number of anilines is 2. The van der Waals surface area contributed by atoms with E-state index in [2.05, 4.69) is 27.2 Å². The van der Waals surface area contributed by atoms with Gasteiger partial charge in [-0.25, -0.2) is 9.97 Å². The van der Waals surface area contributed by atoms with Crippen LogP contribution in [0, 0.1) is 6.92 Å². The van der Waals surface area contributed by atoms with Gasteiger partial charge in [-0.15, -0.1) is 0 Å². The minimum absolute atomic E-state index is 0. The van der Waals surface area contributed by atoms with Crippen molar-refractivity contribution in [3.8, 4) is 5.75 Å². The van der Waals surface area contributed by atoms with Crippen LogP contribution < -0.4 is 27.3 Å². The van der Waals surface area contributed by atoms with Gasteiger partial charge in [-0.2, -0.15) is 0 Å². The summed E-state index contributed by atoms with van der Waals surface area (Å²) < 4.78 is 5.51. The number of carbonyl (C=O) groups excluding carboxylic acids is 1. The van der Waals surface area contributed by atoms with E-state index < -0.39 is 5.91 Å². The van der Waals surface area contributed by atoms with Crippen LogP contribution in [0.25, 0.3) is 0 Å². The summed E-state index contributed by atoms with van der Waals surface area (Å²) in [5.41, 5.74) is 17.9. The Morgan fingerprint density at radius 3 is 2.53 bits per heavy atom. The zero-order valence-corrected chi connectivity index (χ0v) is 20.4. The van der Waals surface area contributed by atoms with Crippen molar-refractivity contribution >= 4 is 35.1 Å². The molecule has 2 aromatic rings. The van der Waals surface area contributed by atoms with Crippen LogP contribution in [0.15, 0.2) is 29.3 Å². The smallest absolute Gasteiger partial charge is 0.280 e.